The molecule has 28 heavy (non-hydrogen) atoms. The number of amides is 1. The van der Waals surface area contributed by atoms with Crippen molar-refractivity contribution in [3.63, 3.8) is 0 Å². The molecule has 0 bridgehead atoms. The topological polar surface area (TPSA) is 66.0 Å². The first-order valence-corrected chi connectivity index (χ1v) is 9.59. The van der Waals surface area contributed by atoms with Crippen LogP contribution in [0.25, 0.3) is 0 Å². The predicted molar refractivity (Wildman–Crippen MR) is 102 cm³/mol. The van der Waals surface area contributed by atoms with Crippen molar-refractivity contribution in [3.05, 3.63) is 71.8 Å². The lowest BCUT2D eigenvalue weighted by Gasteiger charge is -2.45. The maximum absolute atomic E-state index is 11.7. The van der Waals surface area contributed by atoms with Gasteiger partial charge in [-0.05, 0) is 5.56 Å². The zero-order valence-electron chi connectivity index (χ0n) is 15.8. The Bertz CT molecular complexity index is 769. The summed E-state index contributed by atoms with van der Waals surface area (Å²) < 4.78 is 24.1. The quantitative estimate of drug-likeness (QED) is 0.860. The van der Waals surface area contributed by atoms with Crippen LogP contribution < -0.4 is 5.32 Å². The van der Waals surface area contributed by atoms with Crippen LogP contribution in [0.1, 0.15) is 30.8 Å². The molecule has 2 aromatic rings. The highest BCUT2D eigenvalue weighted by molar-refractivity contribution is 5.73. The van der Waals surface area contributed by atoms with Gasteiger partial charge >= 0.3 is 0 Å². The number of benzene rings is 2. The Morgan fingerprint density at radius 1 is 1.04 bits per heavy atom. The minimum absolute atomic E-state index is 0.118. The second-order valence-electron chi connectivity index (χ2n) is 7.13. The summed E-state index contributed by atoms with van der Waals surface area (Å²) in [6.45, 7) is 2.33. The van der Waals surface area contributed by atoms with Gasteiger partial charge in [0.05, 0.1) is 25.4 Å². The van der Waals surface area contributed by atoms with Crippen LogP contribution in [0.15, 0.2) is 60.7 Å². The summed E-state index contributed by atoms with van der Waals surface area (Å²) in [5.74, 6) is -0.118. The summed E-state index contributed by atoms with van der Waals surface area (Å²) in [6, 6.07) is 19.4. The Morgan fingerprint density at radius 2 is 1.75 bits per heavy atom. The van der Waals surface area contributed by atoms with E-state index in [1.807, 2.05) is 60.7 Å². The lowest BCUT2D eigenvalue weighted by Crippen LogP contribution is -2.58. The van der Waals surface area contributed by atoms with E-state index in [9.17, 15) is 4.79 Å². The van der Waals surface area contributed by atoms with Gasteiger partial charge in [-0.15, -0.1) is 0 Å². The fourth-order valence-electron chi connectivity index (χ4n) is 3.62. The number of rotatable bonds is 5. The van der Waals surface area contributed by atoms with Crippen molar-refractivity contribution in [1.82, 2.24) is 5.32 Å². The zero-order valence-corrected chi connectivity index (χ0v) is 15.8. The van der Waals surface area contributed by atoms with Gasteiger partial charge in [-0.1, -0.05) is 60.7 Å². The first-order chi connectivity index (χ1) is 13.7. The molecule has 2 saturated heterocycles. The van der Waals surface area contributed by atoms with Crippen LogP contribution in [0, 0.1) is 0 Å². The molecule has 2 heterocycles. The van der Waals surface area contributed by atoms with Crippen molar-refractivity contribution < 1.29 is 23.7 Å². The number of carbonyl (C=O) groups excluding carboxylic acids is 1. The first-order valence-electron chi connectivity index (χ1n) is 9.59. The Morgan fingerprint density at radius 3 is 2.46 bits per heavy atom. The van der Waals surface area contributed by atoms with Gasteiger partial charge in [-0.2, -0.15) is 0 Å². The van der Waals surface area contributed by atoms with Gasteiger partial charge in [0, 0.05) is 18.9 Å². The number of hydrogen-bond donors (Lipinski definition) is 1. The molecule has 0 radical (unpaired) electrons. The molecular formula is C22H25NO5. The van der Waals surface area contributed by atoms with Gasteiger partial charge in [0.1, 0.15) is 6.10 Å². The Labute approximate surface area is 164 Å². The molecule has 6 heteroatoms. The molecule has 148 valence electrons. The normalized spacial score (nSPS) is 29.7. The highest BCUT2D eigenvalue weighted by Crippen LogP contribution is 2.34. The van der Waals surface area contributed by atoms with E-state index in [0.29, 0.717) is 19.6 Å². The van der Waals surface area contributed by atoms with E-state index in [2.05, 4.69) is 5.32 Å². The average molecular weight is 383 g/mol. The second kappa shape index (κ2) is 8.84. The number of carbonyl (C=O) groups is 1. The molecule has 1 amide bonds. The van der Waals surface area contributed by atoms with E-state index >= 15 is 0 Å². The first kappa shape index (κ1) is 19.1. The third-order valence-corrected chi connectivity index (χ3v) is 4.97. The summed E-state index contributed by atoms with van der Waals surface area (Å²) in [5, 5.41) is 2.95. The van der Waals surface area contributed by atoms with Crippen molar-refractivity contribution in [2.75, 3.05) is 6.61 Å². The lowest BCUT2D eigenvalue weighted by molar-refractivity contribution is -0.323. The Balaban J connectivity index is 1.42. The largest absolute Gasteiger partial charge is 0.348 e. The van der Waals surface area contributed by atoms with Gasteiger partial charge in [0.15, 0.2) is 12.6 Å². The van der Waals surface area contributed by atoms with E-state index < -0.39 is 12.6 Å². The van der Waals surface area contributed by atoms with Gasteiger partial charge < -0.3 is 24.3 Å². The summed E-state index contributed by atoms with van der Waals surface area (Å²) in [4.78, 5) is 11.7. The molecule has 0 saturated carbocycles. The van der Waals surface area contributed by atoms with Crippen molar-refractivity contribution in [1.29, 1.82) is 0 Å². The highest BCUT2D eigenvalue weighted by Gasteiger charge is 2.43. The van der Waals surface area contributed by atoms with E-state index in [1.54, 1.807) is 0 Å². The van der Waals surface area contributed by atoms with Crippen LogP contribution in [-0.4, -0.2) is 37.1 Å². The monoisotopic (exact) mass is 383 g/mol. The minimum Gasteiger partial charge on any atom is -0.348 e. The van der Waals surface area contributed by atoms with Gasteiger partial charge in [-0.25, -0.2) is 0 Å². The molecule has 5 unspecified atom stereocenters. The summed E-state index contributed by atoms with van der Waals surface area (Å²) in [7, 11) is 0. The van der Waals surface area contributed by atoms with Crippen molar-refractivity contribution in [2.45, 2.75) is 50.8 Å². The zero-order chi connectivity index (χ0) is 19.3. The smallest absolute Gasteiger partial charge is 0.217 e. The van der Waals surface area contributed by atoms with Gasteiger partial charge in [-0.3, -0.25) is 4.79 Å². The van der Waals surface area contributed by atoms with Crippen molar-refractivity contribution in [3.8, 4) is 0 Å². The summed E-state index contributed by atoms with van der Waals surface area (Å²) in [6.07, 6.45) is -0.772. The fourth-order valence-corrected chi connectivity index (χ4v) is 3.62. The highest BCUT2D eigenvalue weighted by atomic mass is 16.7. The van der Waals surface area contributed by atoms with Crippen LogP contribution in [0.2, 0.25) is 0 Å². The molecule has 0 aliphatic carbocycles. The maximum atomic E-state index is 11.7. The molecule has 0 aromatic heterocycles. The minimum atomic E-state index is -0.550. The Kier molecular flexibility index (Phi) is 6.02. The Hall–Kier alpha value is -2.25. The molecule has 5 atom stereocenters. The maximum Gasteiger partial charge on any atom is 0.217 e. The number of hydrogen-bond acceptors (Lipinski definition) is 5. The number of fused-ring (bicyclic) bond motifs is 1. The predicted octanol–water partition coefficient (Wildman–Crippen LogP) is 2.94. The third-order valence-electron chi connectivity index (χ3n) is 4.97. The van der Waals surface area contributed by atoms with Gasteiger partial charge in [0.25, 0.3) is 0 Å². The molecule has 2 aliphatic heterocycles. The SMILES string of the molecule is CC(=O)NC1CC2OC(c3ccccc3)OCC2OC1OCc1ccccc1. The number of ether oxygens (including phenoxy) is 4. The van der Waals surface area contributed by atoms with Gasteiger partial charge in [0.2, 0.25) is 5.91 Å². The van der Waals surface area contributed by atoms with Crippen LogP contribution in [0.5, 0.6) is 0 Å². The van der Waals surface area contributed by atoms with E-state index in [4.69, 9.17) is 18.9 Å². The van der Waals surface area contributed by atoms with E-state index in [0.717, 1.165) is 11.1 Å². The summed E-state index contributed by atoms with van der Waals surface area (Å²) >= 11 is 0. The summed E-state index contributed by atoms with van der Waals surface area (Å²) in [5.41, 5.74) is 2.02. The fraction of sp³-hybridized carbons (Fsp3) is 0.409. The van der Waals surface area contributed by atoms with Crippen molar-refractivity contribution in [2.24, 2.45) is 0 Å². The molecule has 1 N–H and O–H groups in total. The van der Waals surface area contributed by atoms with E-state index in [-0.39, 0.29) is 24.2 Å². The van der Waals surface area contributed by atoms with Crippen LogP contribution in [0.3, 0.4) is 0 Å². The van der Waals surface area contributed by atoms with Crippen LogP contribution >= 0.6 is 0 Å². The molecule has 0 spiro atoms. The molecule has 4 rings (SSSR count). The molecule has 2 fully saturated rings. The molecule has 2 aliphatic rings. The standard InChI is InChI=1S/C22H25NO5/c1-15(24)23-18-12-19-20(14-26-21(27-19)17-10-6-3-7-11-17)28-22(18)25-13-16-8-4-2-5-9-16/h2-11,18-22H,12-14H2,1H3,(H,23,24). The molecule has 2 aromatic carbocycles. The molecular weight excluding hydrogens is 358 g/mol. The molecule has 6 nitrogen and oxygen atoms in total. The van der Waals surface area contributed by atoms with E-state index in [1.165, 1.54) is 6.92 Å². The average Bonchev–Trinajstić information content (AvgIpc) is 2.73. The van der Waals surface area contributed by atoms with Crippen LogP contribution in [0.4, 0.5) is 0 Å². The second-order valence-corrected chi connectivity index (χ2v) is 7.13. The third kappa shape index (κ3) is 4.59. The number of nitrogens with one attached hydrogen (secondary N) is 1. The lowest BCUT2D eigenvalue weighted by atomic mass is 9.99. The van der Waals surface area contributed by atoms with Crippen LogP contribution in [-0.2, 0) is 30.3 Å². The van der Waals surface area contributed by atoms with Crippen molar-refractivity contribution >= 4 is 5.91 Å².